The lowest BCUT2D eigenvalue weighted by Crippen LogP contribution is -2.37. The van der Waals surface area contributed by atoms with Gasteiger partial charge in [0.1, 0.15) is 5.82 Å². The summed E-state index contributed by atoms with van der Waals surface area (Å²) >= 11 is 0. The van der Waals surface area contributed by atoms with Gasteiger partial charge >= 0.3 is 0 Å². The second-order valence-corrected chi connectivity index (χ2v) is 11.1. The Morgan fingerprint density at radius 1 is 1.09 bits per heavy atom. The summed E-state index contributed by atoms with van der Waals surface area (Å²) in [4.78, 5) is 19.1. The van der Waals surface area contributed by atoms with Crippen molar-refractivity contribution in [2.45, 2.75) is 64.7 Å². The van der Waals surface area contributed by atoms with Crippen LogP contribution in [0.25, 0.3) is 0 Å². The van der Waals surface area contributed by atoms with Crippen molar-refractivity contribution in [3.63, 3.8) is 0 Å². The maximum Gasteiger partial charge on any atom is 0.254 e. The maximum atomic E-state index is 13.7. The van der Waals surface area contributed by atoms with Crippen molar-refractivity contribution >= 4 is 15.7 Å². The monoisotopic (exact) mass is 485 g/mol. The molecule has 3 aromatic rings. The van der Waals surface area contributed by atoms with Gasteiger partial charge in [0.25, 0.3) is 5.91 Å². The summed E-state index contributed by atoms with van der Waals surface area (Å²) in [7, 11) is -3.73. The van der Waals surface area contributed by atoms with Gasteiger partial charge in [-0.15, -0.1) is 0 Å². The van der Waals surface area contributed by atoms with Gasteiger partial charge in [-0.25, -0.2) is 17.8 Å². The zero-order chi connectivity index (χ0) is 25.0. The quantitative estimate of drug-likeness (QED) is 0.427. The molecule has 0 radical (unpaired) electrons. The molecule has 0 spiro atoms. The van der Waals surface area contributed by atoms with Crippen LogP contribution in [0.15, 0.2) is 59.9 Å². The van der Waals surface area contributed by atoms with E-state index in [1.807, 2.05) is 58.9 Å². The molecule has 34 heavy (non-hydrogen) atoms. The van der Waals surface area contributed by atoms with Crippen molar-refractivity contribution in [2.24, 2.45) is 5.92 Å². The molecule has 0 N–H and O–H groups in total. The highest BCUT2D eigenvalue weighted by atomic mass is 32.2. The highest BCUT2D eigenvalue weighted by molar-refractivity contribution is 7.90. The summed E-state index contributed by atoms with van der Waals surface area (Å²) in [6.07, 6.45) is 1.53. The highest BCUT2D eigenvalue weighted by Gasteiger charge is 2.27. The minimum atomic E-state index is -3.73. The first kappa shape index (κ1) is 25.6. The number of aryl methyl sites for hydroxylation is 1. The summed E-state index contributed by atoms with van der Waals surface area (Å²) in [5.41, 5.74) is 2.50. The Hall–Kier alpha value is -3.00. The maximum absolute atomic E-state index is 13.7. The number of imidazole rings is 1. The number of carbonyl (C=O) groups is 1. The molecule has 0 atom stereocenters. The molecular weight excluding hydrogens is 453 g/mol. The highest BCUT2D eigenvalue weighted by Crippen LogP contribution is 2.23. The van der Waals surface area contributed by atoms with Gasteiger partial charge in [-0.3, -0.25) is 4.79 Å². The minimum absolute atomic E-state index is 0.00126. The summed E-state index contributed by atoms with van der Waals surface area (Å²) in [6.45, 7) is 10.2. The topological polar surface area (TPSA) is 72.3 Å². The lowest BCUT2D eigenvalue weighted by molar-refractivity contribution is 0.0684. The smallest absolute Gasteiger partial charge is 0.254 e. The second kappa shape index (κ2) is 10.5. The largest absolute Gasteiger partial charge is 0.330 e. The van der Waals surface area contributed by atoms with Crippen molar-refractivity contribution in [1.82, 2.24) is 14.5 Å². The Labute approximate surface area is 201 Å². The predicted molar refractivity (Wildman–Crippen MR) is 131 cm³/mol. The lowest BCUT2D eigenvalue weighted by atomic mass is 10.1. The van der Waals surface area contributed by atoms with E-state index in [1.54, 1.807) is 15.5 Å². The fourth-order valence-electron chi connectivity index (χ4n) is 3.82. The molecule has 1 amide bonds. The molecule has 0 saturated carbocycles. The predicted octanol–water partition coefficient (Wildman–Crippen LogP) is 5.01. The third-order valence-electron chi connectivity index (χ3n) is 5.62. The van der Waals surface area contributed by atoms with Crippen LogP contribution in [0.1, 0.15) is 54.9 Å². The first-order valence-electron chi connectivity index (χ1n) is 11.4. The van der Waals surface area contributed by atoms with Gasteiger partial charge in [-0.05, 0) is 56.0 Å². The molecule has 3 rings (SSSR count). The molecule has 2 aromatic carbocycles. The summed E-state index contributed by atoms with van der Waals surface area (Å²) in [5.74, 6) is -0.795. The molecule has 1 heterocycles. The van der Waals surface area contributed by atoms with Crippen molar-refractivity contribution in [3.05, 3.63) is 82.9 Å². The molecule has 0 bridgehead atoms. The van der Waals surface area contributed by atoms with Crippen LogP contribution in [0, 0.1) is 18.7 Å². The zero-order valence-corrected chi connectivity index (χ0v) is 21.1. The fourth-order valence-corrected chi connectivity index (χ4v) is 5.42. The van der Waals surface area contributed by atoms with Gasteiger partial charge < -0.3 is 9.47 Å². The van der Waals surface area contributed by atoms with Crippen molar-refractivity contribution in [2.75, 3.05) is 0 Å². The molecule has 1 aromatic heterocycles. The first-order valence-corrected chi connectivity index (χ1v) is 13.0. The summed E-state index contributed by atoms with van der Waals surface area (Å²) in [6, 6.07) is 12.8. The van der Waals surface area contributed by atoms with E-state index in [0.29, 0.717) is 12.2 Å². The Morgan fingerprint density at radius 3 is 2.41 bits per heavy atom. The Balaban J connectivity index is 1.98. The third kappa shape index (κ3) is 5.91. The van der Waals surface area contributed by atoms with Crippen LogP contribution in [0.5, 0.6) is 0 Å². The molecule has 0 fully saturated rings. The van der Waals surface area contributed by atoms with E-state index in [9.17, 15) is 17.6 Å². The van der Waals surface area contributed by atoms with Crippen molar-refractivity contribution < 1.29 is 17.6 Å². The van der Waals surface area contributed by atoms with E-state index in [2.05, 4.69) is 4.98 Å². The normalized spacial score (nSPS) is 11.9. The van der Waals surface area contributed by atoms with E-state index in [-0.39, 0.29) is 40.9 Å². The van der Waals surface area contributed by atoms with Gasteiger partial charge in [-0.2, -0.15) is 0 Å². The van der Waals surface area contributed by atoms with Crippen LogP contribution in [0.4, 0.5) is 4.39 Å². The molecule has 0 aliphatic heterocycles. The second-order valence-electron chi connectivity index (χ2n) is 9.26. The van der Waals surface area contributed by atoms with Crippen LogP contribution in [-0.2, 0) is 28.7 Å². The van der Waals surface area contributed by atoms with Gasteiger partial charge in [0.2, 0.25) is 15.0 Å². The van der Waals surface area contributed by atoms with Gasteiger partial charge in [0.15, 0.2) is 0 Å². The number of halogens is 1. The lowest BCUT2D eigenvalue weighted by Gasteiger charge is -2.27. The van der Waals surface area contributed by atoms with Crippen LogP contribution in [0.2, 0.25) is 0 Å². The van der Waals surface area contributed by atoms with Crippen LogP contribution in [-0.4, -0.2) is 34.8 Å². The van der Waals surface area contributed by atoms with E-state index in [0.717, 1.165) is 11.1 Å². The summed E-state index contributed by atoms with van der Waals surface area (Å²) < 4.78 is 42.2. The Morgan fingerprint density at radius 2 is 1.79 bits per heavy atom. The zero-order valence-electron chi connectivity index (χ0n) is 20.3. The van der Waals surface area contributed by atoms with Crippen molar-refractivity contribution in [3.8, 4) is 0 Å². The molecule has 0 aliphatic carbocycles. The molecule has 0 unspecified atom stereocenters. The number of hydrogen-bond donors (Lipinski definition) is 0. The summed E-state index contributed by atoms with van der Waals surface area (Å²) in [5, 5.41) is 0.00126. The number of aromatic nitrogens is 2. The van der Waals surface area contributed by atoms with Gasteiger partial charge in [0, 0.05) is 18.2 Å². The van der Waals surface area contributed by atoms with E-state index in [1.165, 1.54) is 24.4 Å². The average Bonchev–Trinajstić information content (AvgIpc) is 3.15. The SMILES string of the molecule is Cc1ccccc1CS(=O)(=O)c1ncc(CN(C(=O)c2cccc(F)c2)C(C)C)n1CC(C)C. The van der Waals surface area contributed by atoms with Gasteiger partial charge in [-0.1, -0.05) is 44.2 Å². The van der Waals surface area contributed by atoms with Gasteiger partial charge in [0.05, 0.1) is 24.2 Å². The number of hydrogen-bond acceptors (Lipinski definition) is 4. The molecule has 182 valence electrons. The van der Waals surface area contributed by atoms with E-state index in [4.69, 9.17) is 0 Å². The van der Waals surface area contributed by atoms with E-state index < -0.39 is 15.7 Å². The first-order chi connectivity index (χ1) is 16.0. The molecule has 6 nitrogen and oxygen atoms in total. The number of benzene rings is 2. The van der Waals surface area contributed by atoms with Crippen LogP contribution in [0.3, 0.4) is 0 Å². The Bertz CT molecular complexity index is 1270. The number of rotatable bonds is 9. The molecule has 0 aliphatic rings. The molecule has 0 saturated heterocycles. The number of amides is 1. The Kier molecular flexibility index (Phi) is 7.92. The third-order valence-corrected chi connectivity index (χ3v) is 7.20. The fraction of sp³-hybridized carbons (Fsp3) is 0.385. The number of sulfone groups is 1. The van der Waals surface area contributed by atoms with E-state index >= 15 is 0 Å². The molecular formula is C26H32FN3O3S. The number of nitrogens with zero attached hydrogens (tertiary/aromatic N) is 3. The number of carbonyl (C=O) groups excluding carboxylic acids is 1. The van der Waals surface area contributed by atoms with Crippen LogP contribution < -0.4 is 0 Å². The minimum Gasteiger partial charge on any atom is -0.330 e. The average molecular weight is 486 g/mol. The van der Waals surface area contributed by atoms with Crippen LogP contribution >= 0.6 is 0 Å². The van der Waals surface area contributed by atoms with Crippen molar-refractivity contribution in [1.29, 1.82) is 0 Å². The molecule has 8 heteroatoms. The standard InChI is InChI=1S/C26H32FN3O3S/c1-18(2)15-30-24(16-29(19(3)4)25(31)21-11-8-12-23(27)13-21)14-28-26(30)34(32,33)17-22-10-7-6-9-20(22)5/h6-14,18-19H,15-17H2,1-5H3.